The van der Waals surface area contributed by atoms with Crippen LogP contribution in [-0.4, -0.2) is 46.7 Å². The van der Waals surface area contributed by atoms with Gasteiger partial charge < -0.3 is 19.7 Å². The van der Waals surface area contributed by atoms with Gasteiger partial charge in [0.2, 0.25) is 0 Å². The summed E-state index contributed by atoms with van der Waals surface area (Å²) in [4.78, 5) is 12.3. The minimum atomic E-state index is -1.28. The second kappa shape index (κ2) is 4.81. The van der Waals surface area contributed by atoms with E-state index in [1.807, 2.05) is 21.0 Å². The van der Waals surface area contributed by atoms with Gasteiger partial charge in [-0.3, -0.25) is 4.79 Å². The number of ether oxygens (including phenoxy) is 2. The van der Waals surface area contributed by atoms with Crippen LogP contribution in [0.1, 0.15) is 65.7 Å². The lowest BCUT2D eigenvalue weighted by atomic mass is 9.44. The van der Waals surface area contributed by atoms with Gasteiger partial charge in [-0.25, -0.2) is 0 Å². The number of hydrogen-bond donors (Lipinski definition) is 2. The van der Waals surface area contributed by atoms with Crippen molar-refractivity contribution < 1.29 is 24.5 Å². The summed E-state index contributed by atoms with van der Waals surface area (Å²) in [5.74, 6) is 0.562. The van der Waals surface area contributed by atoms with Crippen LogP contribution in [0.3, 0.4) is 0 Å². The van der Waals surface area contributed by atoms with Crippen molar-refractivity contribution in [3.63, 3.8) is 0 Å². The topological polar surface area (TPSA) is 76.0 Å². The van der Waals surface area contributed by atoms with Gasteiger partial charge >= 0.3 is 5.97 Å². The third-order valence-electron chi connectivity index (χ3n) is 11.6. The van der Waals surface area contributed by atoms with E-state index in [0.29, 0.717) is 18.8 Å². The summed E-state index contributed by atoms with van der Waals surface area (Å²) in [6, 6.07) is 0. The predicted molar refractivity (Wildman–Crippen MR) is 101 cm³/mol. The zero-order valence-corrected chi connectivity index (χ0v) is 17.5. The van der Waals surface area contributed by atoms with Crippen LogP contribution >= 0.6 is 0 Å². The highest BCUT2D eigenvalue weighted by Gasteiger charge is 2.83. The van der Waals surface area contributed by atoms with Crippen molar-refractivity contribution in [2.45, 2.75) is 89.1 Å². The SMILES string of the molecule is CO[C@@H]1C[C@@H]2[C@H](CC[C@@]3(O)[C@@]4(C)[C@@H](C[C@@]23O)OC(=O)[C@@H]4C)[C@@]2(C)CC[C@@H]3C[C@]312. The molecule has 28 heavy (non-hydrogen) atoms. The molecule has 0 aromatic heterocycles. The van der Waals surface area contributed by atoms with Crippen LogP contribution < -0.4 is 0 Å². The summed E-state index contributed by atoms with van der Waals surface area (Å²) in [5, 5.41) is 24.3. The van der Waals surface area contributed by atoms with Crippen LogP contribution in [-0.2, 0) is 14.3 Å². The van der Waals surface area contributed by atoms with E-state index in [1.54, 1.807) is 0 Å². The van der Waals surface area contributed by atoms with E-state index in [1.165, 1.54) is 19.3 Å². The molecule has 2 N–H and O–H groups in total. The Morgan fingerprint density at radius 2 is 1.86 bits per heavy atom. The first-order valence-corrected chi connectivity index (χ1v) is 11.3. The number of esters is 1. The third kappa shape index (κ3) is 1.49. The maximum absolute atomic E-state index is 12.3. The van der Waals surface area contributed by atoms with Crippen molar-refractivity contribution >= 4 is 5.97 Å². The number of carbonyl (C=O) groups is 1. The molecule has 1 saturated heterocycles. The number of methoxy groups -OCH3 is 1. The lowest BCUT2D eigenvalue weighted by Crippen LogP contribution is -2.70. The van der Waals surface area contributed by atoms with E-state index in [2.05, 4.69) is 6.92 Å². The van der Waals surface area contributed by atoms with E-state index in [9.17, 15) is 15.0 Å². The lowest BCUT2D eigenvalue weighted by Gasteiger charge is -2.63. The maximum atomic E-state index is 12.3. The van der Waals surface area contributed by atoms with Crippen molar-refractivity contribution in [3.05, 3.63) is 0 Å². The second-order valence-electron chi connectivity index (χ2n) is 11.5. The number of aliphatic hydroxyl groups is 2. The summed E-state index contributed by atoms with van der Waals surface area (Å²) < 4.78 is 11.8. The van der Waals surface area contributed by atoms with Crippen molar-refractivity contribution in [2.75, 3.05) is 7.11 Å². The highest BCUT2D eigenvalue weighted by atomic mass is 16.6. The molecule has 1 heterocycles. The number of fused-ring (bicyclic) bond motifs is 6. The minimum absolute atomic E-state index is 0.000461. The normalized spacial score (nSPS) is 66.4. The first-order chi connectivity index (χ1) is 13.1. The maximum Gasteiger partial charge on any atom is 0.309 e. The molecule has 5 heteroatoms. The average Bonchev–Trinajstić information content (AvgIpc) is 3.20. The fourth-order valence-corrected chi connectivity index (χ4v) is 9.80. The minimum Gasteiger partial charge on any atom is -0.461 e. The zero-order valence-electron chi connectivity index (χ0n) is 17.5. The summed E-state index contributed by atoms with van der Waals surface area (Å²) >= 11 is 0. The Morgan fingerprint density at radius 3 is 2.54 bits per heavy atom. The molecule has 1 spiro atoms. The van der Waals surface area contributed by atoms with Gasteiger partial charge in [0.1, 0.15) is 17.3 Å². The van der Waals surface area contributed by atoms with Gasteiger partial charge in [0.25, 0.3) is 0 Å². The van der Waals surface area contributed by atoms with Gasteiger partial charge in [-0.1, -0.05) is 20.8 Å². The molecular formula is C23H34O5. The summed E-state index contributed by atoms with van der Waals surface area (Å²) in [7, 11) is 1.82. The highest BCUT2D eigenvalue weighted by Crippen LogP contribution is 2.82. The molecule has 1 aliphatic heterocycles. The van der Waals surface area contributed by atoms with E-state index in [4.69, 9.17) is 9.47 Å². The molecule has 0 radical (unpaired) electrons. The molecule has 0 unspecified atom stereocenters. The van der Waals surface area contributed by atoms with E-state index in [-0.39, 0.29) is 28.8 Å². The van der Waals surface area contributed by atoms with Gasteiger partial charge in [0.15, 0.2) is 0 Å². The van der Waals surface area contributed by atoms with E-state index < -0.39 is 28.6 Å². The van der Waals surface area contributed by atoms with Crippen LogP contribution in [0, 0.1) is 39.9 Å². The quantitative estimate of drug-likeness (QED) is 0.673. The van der Waals surface area contributed by atoms with Crippen molar-refractivity contribution in [2.24, 2.45) is 39.9 Å². The molecule has 5 nitrogen and oxygen atoms in total. The lowest BCUT2D eigenvalue weighted by molar-refractivity contribution is -0.273. The van der Waals surface area contributed by atoms with E-state index >= 15 is 0 Å². The van der Waals surface area contributed by atoms with Crippen molar-refractivity contribution in [3.8, 4) is 0 Å². The Kier molecular flexibility index (Phi) is 3.12. The molecule has 5 aliphatic carbocycles. The summed E-state index contributed by atoms with van der Waals surface area (Å²) in [6.07, 6.45) is 6.17. The molecule has 156 valence electrons. The predicted octanol–water partition coefficient (Wildman–Crippen LogP) is 2.67. The Bertz CT molecular complexity index is 768. The third-order valence-corrected chi connectivity index (χ3v) is 11.6. The Labute approximate surface area is 167 Å². The van der Waals surface area contributed by atoms with Crippen LogP contribution in [0.5, 0.6) is 0 Å². The number of rotatable bonds is 1. The monoisotopic (exact) mass is 390 g/mol. The molecule has 0 aromatic carbocycles. The number of carbonyl (C=O) groups excluding carboxylic acids is 1. The Hall–Kier alpha value is -0.650. The van der Waals surface area contributed by atoms with Gasteiger partial charge in [0.05, 0.1) is 12.0 Å². The molecule has 0 aromatic rings. The van der Waals surface area contributed by atoms with Crippen molar-refractivity contribution in [1.29, 1.82) is 0 Å². The molecule has 0 bridgehead atoms. The first-order valence-electron chi connectivity index (χ1n) is 11.3. The Balaban J connectivity index is 1.46. The standard InChI is InChI=1S/C23H34O5/c1-12-18(24)28-17-11-22(25)15-9-16(27-4)21-10-13(21)5-7-19(21,2)14(15)6-8-23(22,26)20(12,17)3/h12-17,25-26H,5-11H2,1-4H3/t12-,13+,14-,15+,16+,17+,19+,20+,21-,22+,23+/m0/s1. The average molecular weight is 391 g/mol. The van der Waals surface area contributed by atoms with Crippen LogP contribution in [0.25, 0.3) is 0 Å². The number of hydrogen-bond acceptors (Lipinski definition) is 5. The molecule has 6 aliphatic rings. The first kappa shape index (κ1) is 18.1. The Morgan fingerprint density at radius 1 is 1.11 bits per heavy atom. The smallest absolute Gasteiger partial charge is 0.309 e. The van der Waals surface area contributed by atoms with Crippen LogP contribution in [0.15, 0.2) is 0 Å². The zero-order chi connectivity index (χ0) is 19.9. The van der Waals surface area contributed by atoms with Crippen LogP contribution in [0.4, 0.5) is 0 Å². The molecule has 5 saturated carbocycles. The summed E-state index contributed by atoms with van der Waals surface area (Å²) in [6.45, 7) is 6.27. The van der Waals surface area contributed by atoms with Crippen molar-refractivity contribution in [1.82, 2.24) is 0 Å². The second-order valence-corrected chi connectivity index (χ2v) is 11.5. The molecular weight excluding hydrogens is 356 g/mol. The van der Waals surface area contributed by atoms with Gasteiger partial charge in [-0.05, 0) is 61.7 Å². The van der Waals surface area contributed by atoms with Gasteiger partial charge in [0, 0.05) is 24.4 Å². The van der Waals surface area contributed by atoms with Gasteiger partial charge in [-0.15, -0.1) is 0 Å². The fraction of sp³-hybridized carbons (Fsp3) is 0.957. The fourth-order valence-electron chi connectivity index (χ4n) is 9.80. The van der Waals surface area contributed by atoms with Crippen LogP contribution in [0.2, 0.25) is 0 Å². The molecule has 11 atom stereocenters. The summed E-state index contributed by atoms with van der Waals surface area (Å²) in [5.41, 5.74) is -2.75. The molecule has 6 rings (SSSR count). The van der Waals surface area contributed by atoms with Gasteiger partial charge in [-0.2, -0.15) is 0 Å². The molecule has 0 amide bonds. The highest BCUT2D eigenvalue weighted by molar-refractivity contribution is 5.77. The largest absolute Gasteiger partial charge is 0.461 e. The molecule has 6 fully saturated rings. The van der Waals surface area contributed by atoms with E-state index in [0.717, 1.165) is 18.8 Å².